The molecule has 1 aromatic rings. The fourth-order valence-corrected chi connectivity index (χ4v) is 1.65. The zero-order chi connectivity index (χ0) is 13.6. The van der Waals surface area contributed by atoms with Gasteiger partial charge in [-0.1, -0.05) is 32.9 Å². The quantitative estimate of drug-likeness (QED) is 0.844. The molecule has 18 heavy (non-hydrogen) atoms. The van der Waals surface area contributed by atoms with Crippen LogP contribution in [-0.2, 0) is 4.74 Å². The maximum atomic E-state index is 5.87. The van der Waals surface area contributed by atoms with Crippen molar-refractivity contribution >= 4 is 0 Å². The van der Waals surface area contributed by atoms with Crippen LogP contribution in [0.1, 0.15) is 38.9 Å². The van der Waals surface area contributed by atoms with Crippen molar-refractivity contribution < 1.29 is 9.47 Å². The molecule has 0 aliphatic rings. The molecule has 102 valence electrons. The minimum atomic E-state index is -0.0533. The first-order valence-electron chi connectivity index (χ1n) is 6.42. The van der Waals surface area contributed by atoms with Gasteiger partial charge in [0.1, 0.15) is 5.75 Å². The summed E-state index contributed by atoms with van der Waals surface area (Å²) >= 11 is 0. The van der Waals surface area contributed by atoms with E-state index in [1.54, 1.807) is 7.11 Å². The van der Waals surface area contributed by atoms with Gasteiger partial charge in [0.05, 0.1) is 13.2 Å². The molecule has 0 bridgehead atoms. The van der Waals surface area contributed by atoms with Crippen molar-refractivity contribution in [2.24, 2.45) is 11.1 Å². The summed E-state index contributed by atoms with van der Waals surface area (Å²) in [7, 11) is 1.66. The van der Waals surface area contributed by atoms with Crippen LogP contribution in [-0.4, -0.2) is 20.3 Å². The molecule has 0 aliphatic heterocycles. The minimum absolute atomic E-state index is 0.0533. The Morgan fingerprint density at radius 3 is 2.56 bits per heavy atom. The Bertz CT molecular complexity index is 358. The molecular weight excluding hydrogens is 226 g/mol. The molecule has 0 saturated heterocycles. The molecule has 1 atom stereocenters. The number of methoxy groups -OCH3 is 1. The number of hydrogen-bond donors (Lipinski definition) is 1. The lowest BCUT2D eigenvalue weighted by molar-refractivity contribution is 0.0421. The second-order valence-corrected chi connectivity index (χ2v) is 5.68. The molecule has 0 spiro atoms. The molecule has 3 nitrogen and oxygen atoms in total. The Morgan fingerprint density at radius 2 is 2.00 bits per heavy atom. The van der Waals surface area contributed by atoms with Crippen LogP contribution in [0.4, 0.5) is 0 Å². The van der Waals surface area contributed by atoms with Gasteiger partial charge in [0.15, 0.2) is 0 Å². The van der Waals surface area contributed by atoms with Crippen molar-refractivity contribution in [2.75, 3.05) is 20.3 Å². The van der Waals surface area contributed by atoms with E-state index in [1.165, 1.54) is 0 Å². The van der Waals surface area contributed by atoms with Crippen molar-refractivity contribution in [1.82, 2.24) is 0 Å². The highest BCUT2D eigenvalue weighted by atomic mass is 16.5. The van der Waals surface area contributed by atoms with Gasteiger partial charge in [-0.2, -0.15) is 0 Å². The standard InChI is InChI=1S/C15H25NO2/c1-15(2,3)8-9-18-14(11-16)12-6-5-7-13(10-12)17-4/h5-7,10,14H,8-9,11,16H2,1-4H3. The number of benzene rings is 1. The second kappa shape index (κ2) is 6.76. The van der Waals surface area contributed by atoms with E-state index in [4.69, 9.17) is 15.2 Å². The van der Waals surface area contributed by atoms with Gasteiger partial charge in [-0.3, -0.25) is 0 Å². The largest absolute Gasteiger partial charge is 0.497 e. The molecular formula is C15H25NO2. The van der Waals surface area contributed by atoms with Gasteiger partial charge in [-0.05, 0) is 29.5 Å². The van der Waals surface area contributed by atoms with Gasteiger partial charge in [0.2, 0.25) is 0 Å². The average molecular weight is 251 g/mol. The van der Waals surface area contributed by atoms with Crippen LogP contribution >= 0.6 is 0 Å². The van der Waals surface area contributed by atoms with E-state index in [2.05, 4.69) is 20.8 Å². The highest BCUT2D eigenvalue weighted by Crippen LogP contribution is 2.24. The Kier molecular flexibility index (Phi) is 5.63. The number of hydrogen-bond acceptors (Lipinski definition) is 3. The molecule has 0 aliphatic carbocycles. The summed E-state index contributed by atoms with van der Waals surface area (Å²) in [6.07, 6.45) is 0.968. The Morgan fingerprint density at radius 1 is 1.28 bits per heavy atom. The molecule has 0 amide bonds. The first kappa shape index (κ1) is 15.0. The predicted octanol–water partition coefficient (Wildman–Crippen LogP) is 3.15. The molecule has 0 aromatic heterocycles. The van der Waals surface area contributed by atoms with Crippen LogP contribution in [0.15, 0.2) is 24.3 Å². The minimum Gasteiger partial charge on any atom is -0.497 e. The summed E-state index contributed by atoms with van der Waals surface area (Å²) in [4.78, 5) is 0. The van der Waals surface area contributed by atoms with Crippen molar-refractivity contribution in [3.05, 3.63) is 29.8 Å². The zero-order valence-electron chi connectivity index (χ0n) is 11.9. The summed E-state index contributed by atoms with van der Waals surface area (Å²) < 4.78 is 11.1. The predicted molar refractivity (Wildman–Crippen MR) is 74.8 cm³/mol. The van der Waals surface area contributed by atoms with Crippen LogP contribution in [0, 0.1) is 5.41 Å². The Balaban J connectivity index is 2.59. The van der Waals surface area contributed by atoms with E-state index < -0.39 is 0 Å². The molecule has 2 N–H and O–H groups in total. The van der Waals surface area contributed by atoms with E-state index in [0.29, 0.717) is 6.54 Å². The first-order chi connectivity index (χ1) is 8.46. The molecule has 1 rings (SSSR count). The monoisotopic (exact) mass is 251 g/mol. The fraction of sp³-hybridized carbons (Fsp3) is 0.600. The SMILES string of the molecule is COc1cccc(C(CN)OCCC(C)(C)C)c1. The topological polar surface area (TPSA) is 44.5 Å². The van der Waals surface area contributed by atoms with Crippen LogP contribution in [0.2, 0.25) is 0 Å². The summed E-state index contributed by atoms with van der Waals surface area (Å²) in [5.41, 5.74) is 7.14. The molecule has 1 aromatic carbocycles. The summed E-state index contributed by atoms with van der Waals surface area (Å²) in [5.74, 6) is 0.838. The van der Waals surface area contributed by atoms with Crippen LogP contribution in [0.5, 0.6) is 5.75 Å². The van der Waals surface area contributed by atoms with Gasteiger partial charge < -0.3 is 15.2 Å². The first-order valence-corrected chi connectivity index (χ1v) is 6.42. The van der Waals surface area contributed by atoms with Crippen LogP contribution in [0.25, 0.3) is 0 Å². The third-order valence-electron chi connectivity index (χ3n) is 2.85. The van der Waals surface area contributed by atoms with E-state index in [9.17, 15) is 0 Å². The van der Waals surface area contributed by atoms with Gasteiger partial charge >= 0.3 is 0 Å². The molecule has 1 unspecified atom stereocenters. The smallest absolute Gasteiger partial charge is 0.119 e. The number of rotatable bonds is 6. The van der Waals surface area contributed by atoms with Crippen LogP contribution in [0.3, 0.4) is 0 Å². The lowest BCUT2D eigenvalue weighted by Crippen LogP contribution is -2.18. The average Bonchev–Trinajstić information content (AvgIpc) is 2.33. The second-order valence-electron chi connectivity index (χ2n) is 5.68. The third-order valence-corrected chi connectivity index (χ3v) is 2.85. The Labute approximate surface area is 110 Å². The maximum Gasteiger partial charge on any atom is 0.119 e. The van der Waals surface area contributed by atoms with Gasteiger partial charge in [-0.25, -0.2) is 0 Å². The van der Waals surface area contributed by atoms with E-state index in [-0.39, 0.29) is 11.5 Å². The van der Waals surface area contributed by atoms with Gasteiger partial charge in [0.25, 0.3) is 0 Å². The molecule has 0 fully saturated rings. The highest BCUT2D eigenvalue weighted by molar-refractivity contribution is 5.30. The Hall–Kier alpha value is -1.06. The highest BCUT2D eigenvalue weighted by Gasteiger charge is 2.14. The normalized spacial score (nSPS) is 13.4. The molecule has 3 heteroatoms. The van der Waals surface area contributed by atoms with E-state index in [1.807, 2.05) is 24.3 Å². The number of ether oxygens (including phenoxy) is 2. The maximum absolute atomic E-state index is 5.87. The van der Waals surface area contributed by atoms with E-state index >= 15 is 0 Å². The summed E-state index contributed by atoms with van der Waals surface area (Å²) in [6.45, 7) is 7.83. The van der Waals surface area contributed by atoms with Gasteiger partial charge in [0, 0.05) is 13.2 Å². The molecule has 0 heterocycles. The lowest BCUT2D eigenvalue weighted by atomic mass is 9.93. The number of nitrogens with two attached hydrogens (primary N) is 1. The fourth-order valence-electron chi connectivity index (χ4n) is 1.65. The van der Waals surface area contributed by atoms with Crippen LogP contribution < -0.4 is 10.5 Å². The summed E-state index contributed by atoms with van der Waals surface area (Å²) in [6, 6.07) is 7.89. The van der Waals surface area contributed by atoms with Crippen molar-refractivity contribution in [2.45, 2.75) is 33.3 Å². The molecule has 0 radical (unpaired) electrons. The third kappa shape index (κ3) is 5.07. The van der Waals surface area contributed by atoms with Crippen molar-refractivity contribution in [3.63, 3.8) is 0 Å². The zero-order valence-corrected chi connectivity index (χ0v) is 11.9. The van der Waals surface area contributed by atoms with E-state index in [0.717, 1.165) is 24.3 Å². The van der Waals surface area contributed by atoms with Crippen molar-refractivity contribution in [3.8, 4) is 5.75 Å². The van der Waals surface area contributed by atoms with Gasteiger partial charge in [-0.15, -0.1) is 0 Å². The van der Waals surface area contributed by atoms with Crippen molar-refractivity contribution in [1.29, 1.82) is 0 Å². The lowest BCUT2D eigenvalue weighted by Gasteiger charge is -2.21. The molecule has 0 saturated carbocycles. The summed E-state index contributed by atoms with van der Waals surface area (Å²) in [5, 5.41) is 0.